The number of hydrogen-bond acceptors (Lipinski definition) is 2. The highest BCUT2D eigenvalue weighted by atomic mass is 16.2. The van der Waals surface area contributed by atoms with Gasteiger partial charge in [-0.25, -0.2) is 0 Å². The first-order valence-electron chi connectivity index (χ1n) is 9.37. The summed E-state index contributed by atoms with van der Waals surface area (Å²) < 4.78 is 0.576. The van der Waals surface area contributed by atoms with Crippen molar-refractivity contribution in [3.05, 3.63) is 29.3 Å². The Hall–Kier alpha value is -1.88. The summed E-state index contributed by atoms with van der Waals surface area (Å²) >= 11 is 0. The topological polar surface area (TPSA) is 58.2 Å². The molecule has 1 heterocycles. The summed E-state index contributed by atoms with van der Waals surface area (Å²) in [4.78, 5) is 25.3. The number of quaternary nitrogens is 1. The lowest BCUT2D eigenvalue weighted by atomic mass is 9.96. The van der Waals surface area contributed by atoms with Gasteiger partial charge in [-0.15, -0.1) is 0 Å². The molecule has 2 rings (SSSR count). The molecule has 0 radical (unpaired) electrons. The van der Waals surface area contributed by atoms with Crippen LogP contribution in [0.2, 0.25) is 0 Å². The number of amides is 2. The number of piperidine rings is 1. The predicted octanol–water partition coefficient (Wildman–Crippen LogP) is 2.77. The number of nitrogens with zero attached hydrogens (tertiary/aromatic N) is 1. The number of benzene rings is 1. The van der Waals surface area contributed by atoms with E-state index in [1.54, 1.807) is 7.05 Å². The molecule has 1 saturated heterocycles. The van der Waals surface area contributed by atoms with E-state index in [2.05, 4.69) is 17.6 Å². The molecule has 0 aliphatic carbocycles. The number of rotatable bonds is 6. The largest absolute Gasteiger partial charge is 0.354 e. The number of aryl methyl sites for hydroxylation is 2. The maximum atomic E-state index is 13.2. The van der Waals surface area contributed by atoms with Crippen molar-refractivity contribution in [1.29, 1.82) is 0 Å². The van der Waals surface area contributed by atoms with Crippen molar-refractivity contribution in [3.63, 3.8) is 0 Å². The molecule has 0 aromatic heterocycles. The molecule has 138 valence electrons. The third kappa shape index (κ3) is 4.40. The molecule has 0 spiro atoms. The van der Waals surface area contributed by atoms with Crippen LogP contribution in [0.3, 0.4) is 0 Å². The number of anilines is 1. The van der Waals surface area contributed by atoms with Gasteiger partial charge in [-0.1, -0.05) is 25.1 Å². The minimum Gasteiger partial charge on any atom is -0.354 e. The molecule has 2 atom stereocenters. The molecule has 0 bridgehead atoms. The fraction of sp³-hybridized carbons (Fsp3) is 0.600. The van der Waals surface area contributed by atoms with Crippen LogP contribution >= 0.6 is 0 Å². The Morgan fingerprint density at radius 2 is 1.88 bits per heavy atom. The molecule has 1 aliphatic rings. The van der Waals surface area contributed by atoms with E-state index in [0.29, 0.717) is 11.0 Å². The first-order chi connectivity index (χ1) is 11.9. The van der Waals surface area contributed by atoms with E-state index in [1.807, 2.05) is 32.0 Å². The van der Waals surface area contributed by atoms with Crippen molar-refractivity contribution in [2.24, 2.45) is 0 Å². The van der Waals surface area contributed by atoms with Crippen molar-refractivity contribution < 1.29 is 14.1 Å². The Morgan fingerprint density at radius 1 is 1.20 bits per heavy atom. The van der Waals surface area contributed by atoms with Gasteiger partial charge in [0.25, 0.3) is 11.8 Å². The third-order valence-electron chi connectivity index (χ3n) is 5.43. The molecule has 25 heavy (non-hydrogen) atoms. The highest BCUT2D eigenvalue weighted by Crippen LogP contribution is 2.29. The lowest BCUT2D eigenvalue weighted by Gasteiger charge is -2.46. The van der Waals surface area contributed by atoms with Crippen LogP contribution in [-0.4, -0.2) is 49.0 Å². The Morgan fingerprint density at radius 3 is 2.48 bits per heavy atom. The first kappa shape index (κ1) is 19.4. The maximum absolute atomic E-state index is 13.2. The van der Waals surface area contributed by atoms with Crippen LogP contribution in [0.1, 0.15) is 43.7 Å². The van der Waals surface area contributed by atoms with Gasteiger partial charge in [-0.3, -0.25) is 9.59 Å². The SMILES string of the molecule is CCC[N+]1(CC(=O)NC)CCCCC1C(=O)Nc1c(C)cccc1C. The molecule has 2 amide bonds. The zero-order chi connectivity index (χ0) is 18.4. The van der Waals surface area contributed by atoms with Gasteiger partial charge in [0.1, 0.15) is 0 Å². The van der Waals surface area contributed by atoms with E-state index in [0.717, 1.165) is 55.6 Å². The Bertz CT molecular complexity index is 605. The van der Waals surface area contributed by atoms with Crippen LogP contribution in [-0.2, 0) is 9.59 Å². The number of hydrogen-bond donors (Lipinski definition) is 2. The van der Waals surface area contributed by atoms with Crippen molar-refractivity contribution in [1.82, 2.24) is 5.32 Å². The average Bonchev–Trinajstić information content (AvgIpc) is 2.58. The fourth-order valence-corrected chi connectivity index (χ4v) is 4.14. The molecular weight excluding hydrogens is 314 g/mol. The average molecular weight is 346 g/mol. The van der Waals surface area contributed by atoms with Crippen LogP contribution in [0.25, 0.3) is 0 Å². The lowest BCUT2D eigenvalue weighted by molar-refractivity contribution is -0.940. The number of likely N-dealkylation sites (tertiary alicyclic amines) is 1. The third-order valence-corrected chi connectivity index (χ3v) is 5.43. The van der Waals surface area contributed by atoms with E-state index < -0.39 is 0 Å². The summed E-state index contributed by atoms with van der Waals surface area (Å²) in [5, 5.41) is 5.90. The lowest BCUT2D eigenvalue weighted by Crippen LogP contribution is -2.65. The number of likely N-dealkylation sites (N-methyl/N-ethyl adjacent to an activating group) is 1. The monoisotopic (exact) mass is 346 g/mol. The minimum atomic E-state index is -0.162. The molecule has 1 fully saturated rings. The molecule has 1 aromatic carbocycles. The number of carbonyl (C=O) groups excluding carboxylic acids is 2. The van der Waals surface area contributed by atoms with E-state index in [-0.39, 0.29) is 17.9 Å². The maximum Gasteiger partial charge on any atom is 0.282 e. The quantitative estimate of drug-likeness (QED) is 0.778. The summed E-state index contributed by atoms with van der Waals surface area (Å²) in [6.45, 7) is 8.29. The second kappa shape index (κ2) is 8.48. The van der Waals surface area contributed by atoms with Crippen LogP contribution in [0.4, 0.5) is 5.69 Å². The minimum absolute atomic E-state index is 0.0141. The number of nitrogens with one attached hydrogen (secondary N) is 2. The Kier molecular flexibility index (Phi) is 6.59. The standard InChI is InChI=1S/C20H31N3O2/c1-5-12-23(14-18(24)21-4)13-7-6-11-17(23)20(25)22-19-15(2)9-8-10-16(19)3/h8-10,17H,5-7,11-14H2,1-4H3,(H-,21,22,24,25)/p+1. The van der Waals surface area contributed by atoms with Crippen LogP contribution in [0.15, 0.2) is 18.2 Å². The van der Waals surface area contributed by atoms with Gasteiger partial charge in [-0.05, 0) is 44.2 Å². The number of para-hydroxylation sites is 1. The Labute approximate surface area is 151 Å². The van der Waals surface area contributed by atoms with Crippen molar-refractivity contribution in [2.45, 2.75) is 52.5 Å². The summed E-state index contributed by atoms with van der Waals surface area (Å²) in [5.41, 5.74) is 3.06. The highest BCUT2D eigenvalue weighted by Gasteiger charge is 2.44. The van der Waals surface area contributed by atoms with Crippen LogP contribution in [0, 0.1) is 13.8 Å². The normalized spacial score (nSPS) is 23.1. The van der Waals surface area contributed by atoms with Gasteiger partial charge in [0, 0.05) is 19.2 Å². The van der Waals surface area contributed by atoms with Gasteiger partial charge in [0.15, 0.2) is 12.6 Å². The van der Waals surface area contributed by atoms with E-state index in [1.165, 1.54) is 0 Å². The summed E-state index contributed by atoms with van der Waals surface area (Å²) in [7, 11) is 1.67. The molecule has 5 nitrogen and oxygen atoms in total. The summed E-state index contributed by atoms with van der Waals surface area (Å²) in [6.07, 6.45) is 3.92. The second-order valence-electron chi connectivity index (χ2n) is 7.26. The zero-order valence-electron chi connectivity index (χ0n) is 16.0. The van der Waals surface area contributed by atoms with E-state index in [4.69, 9.17) is 0 Å². The molecule has 2 unspecified atom stereocenters. The molecule has 1 aliphatic heterocycles. The second-order valence-corrected chi connectivity index (χ2v) is 7.26. The van der Waals surface area contributed by atoms with E-state index >= 15 is 0 Å². The van der Waals surface area contributed by atoms with Gasteiger partial charge in [0.2, 0.25) is 0 Å². The fourth-order valence-electron chi connectivity index (χ4n) is 4.14. The summed E-state index contributed by atoms with van der Waals surface area (Å²) in [5.74, 6) is 0.0645. The van der Waals surface area contributed by atoms with E-state index in [9.17, 15) is 9.59 Å². The Balaban J connectivity index is 2.28. The predicted molar refractivity (Wildman–Crippen MR) is 101 cm³/mol. The van der Waals surface area contributed by atoms with Gasteiger partial charge < -0.3 is 15.1 Å². The first-order valence-corrected chi connectivity index (χ1v) is 9.37. The zero-order valence-corrected chi connectivity index (χ0v) is 16.0. The van der Waals surface area contributed by atoms with Crippen LogP contribution < -0.4 is 10.6 Å². The van der Waals surface area contributed by atoms with Gasteiger partial charge in [0.05, 0.1) is 13.1 Å². The molecule has 0 saturated carbocycles. The molecular formula is C20H32N3O2+. The number of carbonyl (C=O) groups is 2. The van der Waals surface area contributed by atoms with Gasteiger partial charge >= 0.3 is 0 Å². The van der Waals surface area contributed by atoms with Crippen molar-refractivity contribution in [2.75, 3.05) is 32.0 Å². The van der Waals surface area contributed by atoms with Gasteiger partial charge in [-0.2, -0.15) is 0 Å². The molecule has 2 N–H and O–H groups in total. The van der Waals surface area contributed by atoms with Crippen molar-refractivity contribution in [3.8, 4) is 0 Å². The van der Waals surface area contributed by atoms with Crippen molar-refractivity contribution >= 4 is 17.5 Å². The highest BCUT2D eigenvalue weighted by molar-refractivity contribution is 5.95. The summed E-state index contributed by atoms with van der Waals surface area (Å²) in [6, 6.07) is 5.87. The molecule has 5 heteroatoms. The van der Waals surface area contributed by atoms with Crippen LogP contribution in [0.5, 0.6) is 0 Å². The smallest absolute Gasteiger partial charge is 0.282 e. The molecule has 1 aromatic rings.